The van der Waals surface area contributed by atoms with E-state index in [0.29, 0.717) is 45.9 Å². The molecule has 0 fully saturated rings. The van der Waals surface area contributed by atoms with Crippen LogP contribution in [0.25, 0.3) is 22.3 Å². The number of nitrogens with one attached hydrogen (secondary N) is 3. The third kappa shape index (κ3) is 4.77. The van der Waals surface area contributed by atoms with E-state index in [1.54, 1.807) is 23.1 Å². The number of carbonyl (C=O) groups excluding carboxylic acids is 1. The molecule has 0 radical (unpaired) electrons. The zero-order valence-corrected chi connectivity index (χ0v) is 19.5. The number of nitrogens with zero attached hydrogens (tertiary/aromatic N) is 6. The molecule has 3 N–H and O–H groups in total. The lowest BCUT2D eigenvalue weighted by atomic mass is 10.1. The van der Waals surface area contributed by atoms with Gasteiger partial charge in [-0.25, -0.2) is 15.0 Å². The Morgan fingerprint density at radius 3 is 2.78 bits per heavy atom. The van der Waals surface area contributed by atoms with Gasteiger partial charge < -0.3 is 15.6 Å². The second kappa shape index (κ2) is 9.69. The van der Waals surface area contributed by atoms with Crippen molar-refractivity contribution in [3.63, 3.8) is 0 Å². The molecular formula is C25H18ClN9O. The first-order valence-corrected chi connectivity index (χ1v) is 11.1. The summed E-state index contributed by atoms with van der Waals surface area (Å²) in [6.07, 6.45) is 8.02. The van der Waals surface area contributed by atoms with Crippen LogP contribution in [0.3, 0.4) is 0 Å². The van der Waals surface area contributed by atoms with Gasteiger partial charge in [0.15, 0.2) is 0 Å². The highest BCUT2D eigenvalue weighted by Gasteiger charge is 2.14. The monoisotopic (exact) mass is 495 g/mol. The quantitative estimate of drug-likeness (QED) is 0.279. The number of anilines is 3. The lowest BCUT2D eigenvalue weighted by Gasteiger charge is -2.07. The Labute approximate surface area is 210 Å². The fourth-order valence-corrected chi connectivity index (χ4v) is 3.79. The second-order valence-corrected chi connectivity index (χ2v) is 8.15. The summed E-state index contributed by atoms with van der Waals surface area (Å²) in [6, 6.07) is 13.0. The lowest BCUT2D eigenvalue weighted by molar-refractivity contribution is -0.111. The fraction of sp³-hybridized carbons (Fsp3) is 0.0400. The number of hydrogen-bond acceptors (Lipinski definition) is 7. The molecule has 0 spiro atoms. The minimum absolute atomic E-state index is 0.257. The van der Waals surface area contributed by atoms with E-state index in [0.717, 1.165) is 16.5 Å². The van der Waals surface area contributed by atoms with Gasteiger partial charge in [-0.2, -0.15) is 10.4 Å². The summed E-state index contributed by atoms with van der Waals surface area (Å²) in [5, 5.41) is 20.5. The minimum atomic E-state index is -0.257. The number of pyridine rings is 1. The van der Waals surface area contributed by atoms with Gasteiger partial charge in [-0.15, -0.1) is 0 Å². The summed E-state index contributed by atoms with van der Waals surface area (Å²) in [4.78, 5) is 27.6. The van der Waals surface area contributed by atoms with E-state index in [4.69, 9.17) is 16.9 Å². The van der Waals surface area contributed by atoms with Gasteiger partial charge in [-0.1, -0.05) is 30.3 Å². The first kappa shape index (κ1) is 22.8. The van der Waals surface area contributed by atoms with Crippen molar-refractivity contribution in [1.29, 1.82) is 5.26 Å². The molecule has 0 aliphatic carbocycles. The number of aromatic nitrogens is 6. The molecular weight excluding hydrogens is 478 g/mol. The number of rotatable bonds is 7. The minimum Gasteiger partial charge on any atom is -0.345 e. The largest absolute Gasteiger partial charge is 0.345 e. The highest BCUT2D eigenvalue weighted by Crippen LogP contribution is 2.32. The number of carbonyl (C=O) groups is 1. The van der Waals surface area contributed by atoms with Gasteiger partial charge in [0.1, 0.15) is 17.4 Å². The highest BCUT2D eigenvalue weighted by molar-refractivity contribution is 6.33. The first-order valence-electron chi connectivity index (χ1n) is 10.8. The first-order chi connectivity index (χ1) is 17.5. The van der Waals surface area contributed by atoms with E-state index in [9.17, 15) is 4.79 Å². The van der Waals surface area contributed by atoms with Crippen LogP contribution in [0.15, 0.2) is 73.8 Å². The van der Waals surface area contributed by atoms with Crippen LogP contribution in [-0.2, 0) is 11.3 Å². The van der Waals surface area contributed by atoms with E-state index in [-0.39, 0.29) is 5.91 Å². The van der Waals surface area contributed by atoms with Crippen molar-refractivity contribution < 1.29 is 4.79 Å². The van der Waals surface area contributed by atoms with Gasteiger partial charge in [0.2, 0.25) is 11.9 Å². The van der Waals surface area contributed by atoms with Gasteiger partial charge in [-0.05, 0) is 35.9 Å². The average molecular weight is 496 g/mol. The predicted molar refractivity (Wildman–Crippen MR) is 137 cm³/mol. The van der Waals surface area contributed by atoms with Crippen LogP contribution in [-0.4, -0.2) is 35.6 Å². The Balaban J connectivity index is 1.32. The molecule has 0 unspecified atom stereocenters. The molecule has 36 heavy (non-hydrogen) atoms. The summed E-state index contributed by atoms with van der Waals surface area (Å²) < 4.78 is 1.77. The van der Waals surface area contributed by atoms with Gasteiger partial charge in [0.25, 0.3) is 0 Å². The van der Waals surface area contributed by atoms with Crippen molar-refractivity contribution >= 4 is 45.9 Å². The maximum absolute atomic E-state index is 11.4. The summed E-state index contributed by atoms with van der Waals surface area (Å²) in [7, 11) is 0. The van der Waals surface area contributed by atoms with Gasteiger partial charge in [0, 0.05) is 29.0 Å². The summed E-state index contributed by atoms with van der Waals surface area (Å²) in [5.74, 6) is 0.0971. The fourth-order valence-electron chi connectivity index (χ4n) is 3.60. The summed E-state index contributed by atoms with van der Waals surface area (Å²) >= 11 is 6.41. The molecule has 1 amide bonds. The van der Waals surface area contributed by atoms with Crippen LogP contribution >= 0.6 is 11.6 Å². The van der Waals surface area contributed by atoms with Crippen molar-refractivity contribution in [1.82, 2.24) is 29.7 Å². The topological polar surface area (TPSA) is 137 Å². The van der Waals surface area contributed by atoms with E-state index in [2.05, 4.69) is 42.2 Å². The molecule has 10 nitrogen and oxygen atoms in total. The van der Waals surface area contributed by atoms with Gasteiger partial charge in [-0.3, -0.25) is 9.48 Å². The van der Waals surface area contributed by atoms with Crippen molar-refractivity contribution in [2.75, 3.05) is 10.6 Å². The number of nitriles is 1. The molecule has 0 aliphatic heterocycles. The average Bonchev–Trinajstić information content (AvgIpc) is 3.52. The van der Waals surface area contributed by atoms with E-state index in [1.165, 1.54) is 12.3 Å². The zero-order chi connectivity index (χ0) is 25.1. The van der Waals surface area contributed by atoms with E-state index >= 15 is 0 Å². The van der Waals surface area contributed by atoms with Crippen LogP contribution in [0.4, 0.5) is 17.3 Å². The van der Waals surface area contributed by atoms with Crippen LogP contribution in [0.5, 0.6) is 0 Å². The van der Waals surface area contributed by atoms with Gasteiger partial charge in [0.05, 0.1) is 35.3 Å². The molecule has 0 bridgehead atoms. The molecule has 4 heterocycles. The maximum Gasteiger partial charge on any atom is 0.247 e. The molecule has 0 saturated carbocycles. The van der Waals surface area contributed by atoms with Crippen LogP contribution in [0.2, 0.25) is 5.02 Å². The smallest absolute Gasteiger partial charge is 0.247 e. The summed E-state index contributed by atoms with van der Waals surface area (Å²) in [5.41, 5.74) is 4.59. The standard InChI is InChI=1S/C25H18ClN9O/c1-2-22(36)31-16-5-3-15(4-6-16)13-35-14-18(10-30-35)33-25-29-12-21(26)23(34-25)20-11-28-24-19(20)8-7-17(9-27)32-24/h2-8,10-12,14H,1,13H2,(H,28,32)(H,31,36)(H,29,33,34). The number of hydrogen-bond donors (Lipinski definition) is 3. The molecule has 4 aromatic heterocycles. The molecule has 0 atom stereocenters. The Morgan fingerprint density at radius 2 is 2.00 bits per heavy atom. The van der Waals surface area contributed by atoms with Crippen LogP contribution in [0.1, 0.15) is 11.3 Å². The van der Waals surface area contributed by atoms with E-state index < -0.39 is 0 Å². The molecule has 5 rings (SSSR count). The lowest BCUT2D eigenvalue weighted by Crippen LogP contribution is -2.07. The molecule has 11 heteroatoms. The predicted octanol–water partition coefficient (Wildman–Crippen LogP) is 4.66. The summed E-state index contributed by atoms with van der Waals surface area (Å²) in [6.45, 7) is 3.98. The number of aromatic amines is 1. The number of halogens is 1. The third-order valence-corrected chi connectivity index (χ3v) is 5.57. The second-order valence-electron chi connectivity index (χ2n) is 7.74. The Morgan fingerprint density at radius 1 is 1.17 bits per heavy atom. The number of fused-ring (bicyclic) bond motifs is 1. The number of amides is 1. The van der Waals surface area contributed by atoms with Crippen molar-refractivity contribution in [2.24, 2.45) is 0 Å². The Kier molecular flexibility index (Phi) is 6.13. The van der Waals surface area contributed by atoms with Crippen molar-refractivity contribution in [3.8, 4) is 17.3 Å². The van der Waals surface area contributed by atoms with Crippen molar-refractivity contribution in [2.45, 2.75) is 6.54 Å². The normalized spacial score (nSPS) is 10.7. The number of H-pyrrole nitrogens is 1. The zero-order valence-electron chi connectivity index (χ0n) is 18.7. The molecule has 1 aromatic carbocycles. The van der Waals surface area contributed by atoms with Crippen molar-refractivity contribution in [3.05, 3.63) is 90.1 Å². The number of benzene rings is 1. The van der Waals surface area contributed by atoms with Crippen LogP contribution in [0, 0.1) is 11.3 Å². The van der Waals surface area contributed by atoms with Gasteiger partial charge >= 0.3 is 0 Å². The Bertz CT molecular complexity index is 1630. The molecule has 5 aromatic rings. The Hall–Kier alpha value is -5.01. The maximum atomic E-state index is 11.4. The SMILES string of the molecule is C=CC(=O)Nc1ccc(Cn2cc(Nc3ncc(Cl)c(-c4c[nH]c5nc(C#N)ccc45)n3)cn2)cc1. The molecule has 0 aliphatic rings. The highest BCUT2D eigenvalue weighted by atomic mass is 35.5. The molecule has 0 saturated heterocycles. The molecule has 176 valence electrons. The van der Waals surface area contributed by atoms with Crippen LogP contribution < -0.4 is 10.6 Å². The van der Waals surface area contributed by atoms with E-state index in [1.807, 2.05) is 42.6 Å². The third-order valence-electron chi connectivity index (χ3n) is 5.29.